The van der Waals surface area contributed by atoms with Gasteiger partial charge in [0, 0.05) is 37.8 Å². The van der Waals surface area contributed by atoms with E-state index in [0.717, 1.165) is 31.7 Å². The van der Waals surface area contributed by atoms with E-state index in [2.05, 4.69) is 24.9 Å². The molecule has 0 aliphatic carbocycles. The van der Waals surface area contributed by atoms with E-state index in [0.29, 0.717) is 18.2 Å². The third-order valence-corrected chi connectivity index (χ3v) is 5.65. The minimum Gasteiger partial charge on any atom is -0.369 e. The zero-order valence-electron chi connectivity index (χ0n) is 15.3. The fourth-order valence-corrected chi connectivity index (χ4v) is 4.18. The Hall–Kier alpha value is -2.26. The number of nitrogens with zero attached hydrogens (tertiary/aromatic N) is 3. The standard InChI is InChI=1S/C18H24FN5O2S/c1-14-22-17(12-18(23-14)24-10-4-5-11-24)20-8-9-21-27(25,26)13-15-6-2-3-7-16(15)19/h2-3,6-7,12,21H,4-5,8-11,13H2,1H3,(H,20,22,23). The average molecular weight is 393 g/mol. The second kappa shape index (κ2) is 8.62. The van der Waals surface area contributed by atoms with E-state index in [-0.39, 0.29) is 17.9 Å². The molecular weight excluding hydrogens is 369 g/mol. The molecule has 1 aromatic heterocycles. The molecule has 9 heteroatoms. The van der Waals surface area contributed by atoms with E-state index in [9.17, 15) is 12.8 Å². The van der Waals surface area contributed by atoms with Crippen molar-refractivity contribution in [3.8, 4) is 0 Å². The molecule has 0 spiro atoms. The van der Waals surface area contributed by atoms with Crippen molar-refractivity contribution in [1.29, 1.82) is 0 Å². The first kappa shape index (κ1) is 19.5. The molecule has 146 valence electrons. The molecule has 1 aromatic carbocycles. The normalized spacial score (nSPS) is 14.5. The SMILES string of the molecule is Cc1nc(NCCNS(=O)(=O)Cc2ccccc2F)cc(N2CCCC2)n1. The van der Waals surface area contributed by atoms with Crippen molar-refractivity contribution in [2.24, 2.45) is 0 Å². The topological polar surface area (TPSA) is 87.2 Å². The second-order valence-corrected chi connectivity index (χ2v) is 8.33. The van der Waals surface area contributed by atoms with E-state index in [1.807, 2.05) is 13.0 Å². The lowest BCUT2D eigenvalue weighted by Gasteiger charge is -2.17. The first-order valence-corrected chi connectivity index (χ1v) is 10.6. The van der Waals surface area contributed by atoms with Crippen molar-refractivity contribution in [2.75, 3.05) is 36.4 Å². The monoisotopic (exact) mass is 393 g/mol. The van der Waals surface area contributed by atoms with Gasteiger partial charge in [0.25, 0.3) is 0 Å². The summed E-state index contributed by atoms with van der Waals surface area (Å²) < 4.78 is 40.3. The van der Waals surface area contributed by atoms with Gasteiger partial charge in [-0.15, -0.1) is 0 Å². The number of anilines is 2. The summed E-state index contributed by atoms with van der Waals surface area (Å²) in [4.78, 5) is 11.0. The average Bonchev–Trinajstić information content (AvgIpc) is 3.15. The summed E-state index contributed by atoms with van der Waals surface area (Å²) in [6, 6.07) is 7.75. The van der Waals surface area contributed by atoms with Crippen LogP contribution in [-0.2, 0) is 15.8 Å². The van der Waals surface area contributed by atoms with Crippen LogP contribution in [0, 0.1) is 12.7 Å². The Morgan fingerprint density at radius 1 is 1.15 bits per heavy atom. The van der Waals surface area contributed by atoms with Gasteiger partial charge in [-0.05, 0) is 25.8 Å². The number of nitrogens with one attached hydrogen (secondary N) is 2. The molecule has 0 radical (unpaired) electrons. The molecule has 2 aromatic rings. The maximum absolute atomic E-state index is 13.6. The maximum Gasteiger partial charge on any atom is 0.215 e. The van der Waals surface area contributed by atoms with Crippen LogP contribution in [0.15, 0.2) is 30.3 Å². The quantitative estimate of drug-likeness (QED) is 0.668. The summed E-state index contributed by atoms with van der Waals surface area (Å²) in [5.74, 6) is 1.32. The molecule has 0 amide bonds. The molecule has 3 rings (SSSR count). The fraction of sp³-hybridized carbons (Fsp3) is 0.444. The van der Waals surface area contributed by atoms with Crippen LogP contribution < -0.4 is 14.9 Å². The Morgan fingerprint density at radius 3 is 2.63 bits per heavy atom. The Bertz CT molecular complexity index is 885. The number of hydrogen-bond donors (Lipinski definition) is 2. The van der Waals surface area contributed by atoms with Crippen LogP contribution in [0.2, 0.25) is 0 Å². The molecule has 0 bridgehead atoms. The van der Waals surface area contributed by atoms with Crippen LogP contribution in [0.1, 0.15) is 24.2 Å². The Kier molecular flexibility index (Phi) is 6.22. The number of hydrogen-bond acceptors (Lipinski definition) is 6. The van der Waals surface area contributed by atoms with Gasteiger partial charge >= 0.3 is 0 Å². The van der Waals surface area contributed by atoms with Crippen molar-refractivity contribution in [3.63, 3.8) is 0 Å². The molecule has 1 fully saturated rings. The molecule has 1 aliphatic rings. The zero-order valence-corrected chi connectivity index (χ0v) is 16.1. The highest BCUT2D eigenvalue weighted by atomic mass is 32.2. The van der Waals surface area contributed by atoms with Crippen LogP contribution in [0.25, 0.3) is 0 Å². The molecule has 0 atom stereocenters. The Balaban J connectivity index is 1.51. The highest BCUT2D eigenvalue weighted by Gasteiger charge is 2.16. The van der Waals surface area contributed by atoms with Crippen LogP contribution in [-0.4, -0.2) is 44.6 Å². The summed E-state index contributed by atoms with van der Waals surface area (Å²) in [7, 11) is -3.61. The first-order chi connectivity index (χ1) is 12.9. The van der Waals surface area contributed by atoms with E-state index >= 15 is 0 Å². The van der Waals surface area contributed by atoms with Crippen LogP contribution in [0.5, 0.6) is 0 Å². The summed E-state index contributed by atoms with van der Waals surface area (Å²) in [6.45, 7) is 4.37. The summed E-state index contributed by atoms with van der Waals surface area (Å²) in [5, 5.41) is 3.12. The van der Waals surface area contributed by atoms with Gasteiger partial charge in [0.05, 0.1) is 5.75 Å². The molecule has 0 saturated carbocycles. The van der Waals surface area contributed by atoms with Crippen LogP contribution in [0.4, 0.5) is 16.0 Å². The highest BCUT2D eigenvalue weighted by molar-refractivity contribution is 7.88. The van der Waals surface area contributed by atoms with Crippen molar-refractivity contribution in [1.82, 2.24) is 14.7 Å². The van der Waals surface area contributed by atoms with Gasteiger partial charge in [0.1, 0.15) is 23.3 Å². The third-order valence-electron chi connectivity index (χ3n) is 4.31. The number of sulfonamides is 1. The molecule has 1 aliphatic heterocycles. The van der Waals surface area contributed by atoms with Crippen molar-refractivity contribution in [2.45, 2.75) is 25.5 Å². The van der Waals surface area contributed by atoms with E-state index < -0.39 is 15.8 Å². The lowest BCUT2D eigenvalue weighted by atomic mass is 10.2. The molecule has 1 saturated heterocycles. The van der Waals surface area contributed by atoms with Gasteiger partial charge in [-0.2, -0.15) is 0 Å². The number of aromatic nitrogens is 2. The Labute approximate surface area is 159 Å². The van der Waals surface area contributed by atoms with E-state index in [1.165, 1.54) is 18.2 Å². The number of aryl methyl sites for hydroxylation is 1. The lowest BCUT2D eigenvalue weighted by molar-refractivity contribution is 0.575. The largest absolute Gasteiger partial charge is 0.369 e. The van der Waals surface area contributed by atoms with E-state index in [4.69, 9.17) is 0 Å². The maximum atomic E-state index is 13.6. The van der Waals surface area contributed by atoms with Gasteiger partial charge in [0.2, 0.25) is 10.0 Å². The molecular formula is C18H24FN5O2S. The van der Waals surface area contributed by atoms with E-state index in [1.54, 1.807) is 6.07 Å². The van der Waals surface area contributed by atoms with Crippen molar-refractivity contribution in [3.05, 3.63) is 47.5 Å². The minimum atomic E-state index is -3.61. The van der Waals surface area contributed by atoms with Crippen LogP contribution in [0.3, 0.4) is 0 Å². The van der Waals surface area contributed by atoms with Crippen molar-refractivity contribution < 1.29 is 12.8 Å². The molecule has 7 nitrogen and oxygen atoms in total. The predicted octanol–water partition coefficient (Wildman–Crippen LogP) is 2.06. The van der Waals surface area contributed by atoms with Gasteiger partial charge in [-0.25, -0.2) is 27.5 Å². The van der Waals surface area contributed by atoms with Gasteiger partial charge in [0.15, 0.2) is 0 Å². The second-order valence-electron chi connectivity index (χ2n) is 6.52. The zero-order chi connectivity index (χ0) is 19.3. The third kappa shape index (κ3) is 5.61. The predicted molar refractivity (Wildman–Crippen MR) is 104 cm³/mol. The minimum absolute atomic E-state index is 0.152. The summed E-state index contributed by atoms with van der Waals surface area (Å²) >= 11 is 0. The smallest absolute Gasteiger partial charge is 0.215 e. The lowest BCUT2D eigenvalue weighted by Crippen LogP contribution is -2.30. The number of halogens is 1. The Morgan fingerprint density at radius 2 is 1.89 bits per heavy atom. The highest BCUT2D eigenvalue weighted by Crippen LogP contribution is 2.20. The number of benzene rings is 1. The van der Waals surface area contributed by atoms with Crippen LogP contribution >= 0.6 is 0 Å². The number of rotatable bonds is 8. The van der Waals surface area contributed by atoms with Gasteiger partial charge < -0.3 is 10.2 Å². The molecule has 0 unspecified atom stereocenters. The molecule has 27 heavy (non-hydrogen) atoms. The summed E-state index contributed by atoms with van der Waals surface area (Å²) in [5.41, 5.74) is 0.152. The van der Waals surface area contributed by atoms with Gasteiger partial charge in [-0.3, -0.25) is 0 Å². The summed E-state index contributed by atoms with van der Waals surface area (Å²) in [6.07, 6.45) is 2.32. The molecule has 2 N–H and O–H groups in total. The fourth-order valence-electron chi connectivity index (χ4n) is 3.02. The van der Waals surface area contributed by atoms with Crippen molar-refractivity contribution >= 4 is 21.7 Å². The molecule has 2 heterocycles. The van der Waals surface area contributed by atoms with Gasteiger partial charge in [-0.1, -0.05) is 18.2 Å². The first-order valence-electron chi connectivity index (χ1n) is 8.98.